The second-order valence-corrected chi connectivity index (χ2v) is 12.8. The largest absolute Gasteiger partial charge is 0.481 e. The van der Waals surface area contributed by atoms with Crippen LogP contribution in [-0.2, 0) is 31.4 Å². The quantitative estimate of drug-likeness (QED) is 0.254. The number of carbonyl (C=O) groups excluding carboxylic acids is 2. The van der Waals surface area contributed by atoms with Gasteiger partial charge in [-0.15, -0.1) is 0 Å². The normalized spacial score (nSPS) is 15.4. The number of ether oxygens (including phenoxy) is 1. The van der Waals surface area contributed by atoms with Gasteiger partial charge in [0.25, 0.3) is 5.91 Å². The Morgan fingerprint density at radius 3 is 2.32 bits per heavy atom. The standard InChI is InChI=1S/C35H39Cl2N7O3/c1-5-30(45)44-18-16-43(17-19-44)20-22-12-13-26(40-35(22)47-4)25-10-6-8-23(31(25)36)24-9-7-11-27(32(24)37)39-34(46)33-38-28-21-41(2)15-14-29(28)42(33)3/h6-13H,5,14-21H2,1-4H3,(H,39,46). The average Bonchev–Trinajstić information content (AvgIpc) is 3.41. The van der Waals surface area contributed by atoms with Crippen LogP contribution < -0.4 is 10.1 Å². The van der Waals surface area contributed by atoms with E-state index in [9.17, 15) is 9.59 Å². The summed E-state index contributed by atoms with van der Waals surface area (Å²) in [5, 5.41) is 3.83. The number of methoxy groups -OCH3 is 1. The lowest BCUT2D eigenvalue weighted by Gasteiger charge is -2.34. The van der Waals surface area contributed by atoms with E-state index in [-0.39, 0.29) is 11.8 Å². The molecular formula is C35H39Cl2N7O3. The fraction of sp³-hybridized carbons (Fsp3) is 0.371. The molecule has 2 aromatic carbocycles. The van der Waals surface area contributed by atoms with Gasteiger partial charge in [0.05, 0.1) is 34.2 Å². The molecule has 2 aromatic heterocycles. The Morgan fingerprint density at radius 1 is 0.894 bits per heavy atom. The molecule has 2 aliphatic rings. The predicted octanol–water partition coefficient (Wildman–Crippen LogP) is 5.76. The van der Waals surface area contributed by atoms with Gasteiger partial charge in [-0.05, 0) is 19.2 Å². The third-order valence-electron chi connectivity index (χ3n) is 9.02. The Labute approximate surface area is 285 Å². The highest BCUT2D eigenvalue weighted by Crippen LogP contribution is 2.41. The average molecular weight is 677 g/mol. The monoisotopic (exact) mass is 675 g/mol. The second kappa shape index (κ2) is 14.0. The van der Waals surface area contributed by atoms with Crippen LogP contribution in [0.4, 0.5) is 5.69 Å². The number of aromatic nitrogens is 3. The van der Waals surface area contributed by atoms with Gasteiger partial charge in [-0.3, -0.25) is 14.5 Å². The van der Waals surface area contributed by atoms with E-state index in [0.717, 1.165) is 61.7 Å². The predicted molar refractivity (Wildman–Crippen MR) is 185 cm³/mol. The highest BCUT2D eigenvalue weighted by molar-refractivity contribution is 6.39. The van der Waals surface area contributed by atoms with E-state index in [1.54, 1.807) is 13.2 Å². The first kappa shape index (κ1) is 33.0. The van der Waals surface area contributed by atoms with Gasteiger partial charge in [-0.2, -0.15) is 0 Å². The van der Waals surface area contributed by atoms with Gasteiger partial charge in [0.15, 0.2) is 5.82 Å². The van der Waals surface area contributed by atoms with E-state index in [4.69, 9.17) is 32.9 Å². The maximum atomic E-state index is 13.4. The highest BCUT2D eigenvalue weighted by atomic mass is 35.5. The lowest BCUT2D eigenvalue weighted by atomic mass is 10.00. The number of hydrogen-bond donors (Lipinski definition) is 1. The van der Waals surface area contributed by atoms with Gasteiger partial charge in [-0.1, -0.05) is 66.5 Å². The Balaban J connectivity index is 1.22. The zero-order valence-electron chi connectivity index (χ0n) is 27.1. The van der Waals surface area contributed by atoms with Crippen LogP contribution in [0.2, 0.25) is 10.0 Å². The Hall–Kier alpha value is -3.96. The molecule has 0 unspecified atom stereocenters. The van der Waals surface area contributed by atoms with Gasteiger partial charge in [0.2, 0.25) is 11.8 Å². The third-order valence-corrected chi connectivity index (χ3v) is 9.83. The topological polar surface area (TPSA) is 95.8 Å². The van der Waals surface area contributed by atoms with E-state index in [2.05, 4.69) is 20.1 Å². The van der Waals surface area contributed by atoms with Crippen molar-refractivity contribution in [1.82, 2.24) is 29.2 Å². The van der Waals surface area contributed by atoms with Gasteiger partial charge in [0, 0.05) is 93.7 Å². The van der Waals surface area contributed by atoms with Crippen LogP contribution in [0.15, 0.2) is 48.5 Å². The molecule has 2 amide bonds. The van der Waals surface area contributed by atoms with Crippen LogP contribution in [0.1, 0.15) is 40.9 Å². The zero-order chi connectivity index (χ0) is 33.2. The number of anilines is 1. The summed E-state index contributed by atoms with van der Waals surface area (Å²) >= 11 is 14.0. The van der Waals surface area contributed by atoms with Crippen LogP contribution in [0.3, 0.4) is 0 Å². The summed E-state index contributed by atoms with van der Waals surface area (Å²) in [5.41, 5.74) is 6.24. The van der Waals surface area contributed by atoms with Crippen molar-refractivity contribution in [3.63, 3.8) is 0 Å². The number of halogens is 2. The number of pyridine rings is 1. The Bertz CT molecular complexity index is 1820. The number of imidazole rings is 1. The maximum absolute atomic E-state index is 13.4. The van der Waals surface area contributed by atoms with E-state index < -0.39 is 0 Å². The second-order valence-electron chi connectivity index (χ2n) is 12.0. The fourth-order valence-electron chi connectivity index (χ4n) is 6.35. The number of piperazine rings is 1. The van der Waals surface area contributed by atoms with Crippen molar-refractivity contribution in [1.29, 1.82) is 0 Å². The first-order valence-corrected chi connectivity index (χ1v) is 16.6. The number of likely N-dealkylation sites (N-methyl/N-ethyl adjacent to an activating group) is 1. The summed E-state index contributed by atoms with van der Waals surface area (Å²) in [5.74, 6) is 0.752. The summed E-state index contributed by atoms with van der Waals surface area (Å²) in [6.07, 6.45) is 1.37. The molecule has 0 spiro atoms. The van der Waals surface area contributed by atoms with Crippen molar-refractivity contribution in [3.05, 3.63) is 81.4 Å². The molecule has 246 valence electrons. The van der Waals surface area contributed by atoms with Gasteiger partial charge < -0.3 is 24.4 Å². The van der Waals surface area contributed by atoms with E-state index >= 15 is 0 Å². The molecule has 10 nitrogen and oxygen atoms in total. The van der Waals surface area contributed by atoms with Crippen LogP contribution in [-0.4, -0.2) is 87.9 Å². The Kier molecular flexibility index (Phi) is 9.84. The summed E-state index contributed by atoms with van der Waals surface area (Å²) in [7, 11) is 5.54. The number of nitrogens with one attached hydrogen (secondary N) is 1. The molecule has 0 aliphatic carbocycles. The molecule has 0 saturated carbocycles. The summed E-state index contributed by atoms with van der Waals surface area (Å²) in [6.45, 7) is 7.24. The molecular weight excluding hydrogens is 637 g/mol. The zero-order valence-corrected chi connectivity index (χ0v) is 28.7. The van der Waals surface area contributed by atoms with Crippen LogP contribution in [0.5, 0.6) is 5.88 Å². The van der Waals surface area contributed by atoms with Crippen molar-refractivity contribution in [3.8, 4) is 28.3 Å². The Morgan fingerprint density at radius 2 is 1.60 bits per heavy atom. The molecule has 1 saturated heterocycles. The SMILES string of the molecule is CCC(=O)N1CCN(Cc2ccc(-c3cccc(-c4cccc(NC(=O)c5nc6c(n5C)CCN(C)C6)c4Cl)c3Cl)nc2OC)CC1. The fourth-order valence-corrected chi connectivity index (χ4v) is 6.95. The van der Waals surface area contributed by atoms with Gasteiger partial charge in [0.1, 0.15) is 0 Å². The smallest absolute Gasteiger partial charge is 0.291 e. The molecule has 4 heterocycles. The van der Waals surface area contributed by atoms with Crippen LogP contribution in [0, 0.1) is 0 Å². The van der Waals surface area contributed by atoms with Crippen molar-refractivity contribution < 1.29 is 14.3 Å². The number of fused-ring (bicyclic) bond motifs is 1. The number of benzene rings is 2. The van der Waals surface area contributed by atoms with E-state index in [1.807, 2.05) is 73.0 Å². The molecule has 0 radical (unpaired) electrons. The lowest BCUT2D eigenvalue weighted by Crippen LogP contribution is -2.48. The van der Waals surface area contributed by atoms with Gasteiger partial charge in [-0.25, -0.2) is 9.97 Å². The van der Waals surface area contributed by atoms with Gasteiger partial charge >= 0.3 is 0 Å². The summed E-state index contributed by atoms with van der Waals surface area (Å²) < 4.78 is 7.59. The third kappa shape index (κ3) is 6.73. The number of amides is 2. The molecule has 1 N–H and O–H groups in total. The minimum absolute atomic E-state index is 0.195. The van der Waals surface area contributed by atoms with E-state index in [1.165, 1.54) is 0 Å². The lowest BCUT2D eigenvalue weighted by molar-refractivity contribution is -0.132. The first-order valence-electron chi connectivity index (χ1n) is 15.8. The van der Waals surface area contributed by atoms with Crippen molar-refractivity contribution in [2.75, 3.05) is 52.2 Å². The van der Waals surface area contributed by atoms with Crippen molar-refractivity contribution in [2.24, 2.45) is 7.05 Å². The number of hydrogen-bond acceptors (Lipinski definition) is 7. The first-order chi connectivity index (χ1) is 22.7. The molecule has 1 fully saturated rings. The number of carbonyl (C=O) groups is 2. The molecule has 12 heteroatoms. The molecule has 2 aliphatic heterocycles. The molecule has 6 rings (SSSR count). The summed E-state index contributed by atoms with van der Waals surface area (Å²) in [4.78, 5) is 41.3. The molecule has 47 heavy (non-hydrogen) atoms. The molecule has 0 atom stereocenters. The van der Waals surface area contributed by atoms with Crippen LogP contribution >= 0.6 is 23.2 Å². The van der Waals surface area contributed by atoms with Crippen LogP contribution in [0.25, 0.3) is 22.4 Å². The molecule has 0 bridgehead atoms. The number of nitrogens with zero attached hydrogens (tertiary/aromatic N) is 6. The highest BCUT2D eigenvalue weighted by Gasteiger charge is 2.25. The minimum Gasteiger partial charge on any atom is -0.481 e. The number of rotatable bonds is 8. The van der Waals surface area contributed by atoms with Crippen molar-refractivity contribution >= 4 is 40.7 Å². The van der Waals surface area contributed by atoms with E-state index in [0.29, 0.717) is 63.8 Å². The van der Waals surface area contributed by atoms with Crippen molar-refractivity contribution in [2.45, 2.75) is 32.9 Å². The maximum Gasteiger partial charge on any atom is 0.291 e. The summed E-state index contributed by atoms with van der Waals surface area (Å²) in [6, 6.07) is 15.2. The minimum atomic E-state index is -0.323. The molecule has 4 aromatic rings.